The van der Waals surface area contributed by atoms with E-state index in [4.69, 9.17) is 0 Å². The second kappa shape index (κ2) is 10.0. The van der Waals surface area contributed by atoms with Crippen LogP contribution in [0.5, 0.6) is 0 Å². The molecular formula is C27H32N2O4S3. The molecule has 3 aromatic rings. The van der Waals surface area contributed by atoms with E-state index < -0.39 is 19.9 Å². The monoisotopic (exact) mass is 544 g/mol. The molecular weight excluding hydrogens is 513 g/mol. The minimum Gasteiger partial charge on any atom is -0.303 e. The van der Waals surface area contributed by atoms with Crippen molar-refractivity contribution < 1.29 is 16.8 Å². The van der Waals surface area contributed by atoms with Crippen LogP contribution in [0.2, 0.25) is 0 Å². The SMILES string of the molecule is CN(C[C@H](CCN1CCC2(CC1)CS(=O)(=O)c1ccccc12)c1ccsc1)S(=O)(=O)c1ccccc1. The largest absolute Gasteiger partial charge is 0.303 e. The summed E-state index contributed by atoms with van der Waals surface area (Å²) in [7, 11) is -5.12. The number of likely N-dealkylation sites (N-methyl/N-ethyl adjacent to an activating group) is 1. The van der Waals surface area contributed by atoms with E-state index in [2.05, 4.69) is 16.3 Å². The molecule has 0 aliphatic carbocycles. The number of fused-ring (bicyclic) bond motifs is 2. The molecule has 2 aromatic carbocycles. The average Bonchev–Trinajstić information content (AvgIpc) is 3.49. The summed E-state index contributed by atoms with van der Waals surface area (Å²) in [4.78, 5) is 3.23. The van der Waals surface area contributed by atoms with Gasteiger partial charge < -0.3 is 4.90 Å². The van der Waals surface area contributed by atoms with Crippen molar-refractivity contribution in [3.8, 4) is 0 Å². The van der Waals surface area contributed by atoms with Gasteiger partial charge >= 0.3 is 0 Å². The molecule has 5 rings (SSSR count). The van der Waals surface area contributed by atoms with Gasteiger partial charge in [0.15, 0.2) is 9.84 Å². The van der Waals surface area contributed by atoms with Crippen molar-refractivity contribution in [2.75, 3.05) is 39.0 Å². The highest BCUT2D eigenvalue weighted by molar-refractivity contribution is 7.91. The summed E-state index contributed by atoms with van der Waals surface area (Å²) in [5, 5.41) is 4.15. The van der Waals surface area contributed by atoms with Crippen molar-refractivity contribution >= 4 is 31.2 Å². The first-order valence-electron chi connectivity index (χ1n) is 12.3. The summed E-state index contributed by atoms with van der Waals surface area (Å²) in [6.07, 6.45) is 2.50. The van der Waals surface area contributed by atoms with Gasteiger partial charge in [0.1, 0.15) is 0 Å². The van der Waals surface area contributed by atoms with Crippen LogP contribution in [-0.2, 0) is 25.3 Å². The number of hydrogen-bond acceptors (Lipinski definition) is 6. The zero-order chi connectivity index (χ0) is 25.4. The van der Waals surface area contributed by atoms with Gasteiger partial charge in [-0.15, -0.1) is 0 Å². The van der Waals surface area contributed by atoms with Gasteiger partial charge in [-0.1, -0.05) is 36.4 Å². The standard InChI is InChI=1S/C27H32N2O4S3/c1-28(36(32,33)24-7-3-2-4-8-24)19-22(23-12-18-34-20-23)11-15-29-16-13-27(14-17-29)21-35(30,31)26-10-6-5-9-25(26)27/h2-10,12,18,20,22H,11,13-17,19,21H2,1H3/t22-/m0/s1. The summed E-state index contributed by atoms with van der Waals surface area (Å²) >= 11 is 1.63. The topological polar surface area (TPSA) is 74.8 Å². The van der Waals surface area contributed by atoms with Gasteiger partial charge in [-0.05, 0) is 91.0 Å². The van der Waals surface area contributed by atoms with Crippen LogP contribution in [0, 0.1) is 0 Å². The Balaban J connectivity index is 1.25. The van der Waals surface area contributed by atoms with E-state index in [1.165, 1.54) is 9.87 Å². The molecule has 3 heterocycles. The van der Waals surface area contributed by atoms with Crippen LogP contribution in [0.3, 0.4) is 0 Å². The lowest BCUT2D eigenvalue weighted by Gasteiger charge is -2.39. The van der Waals surface area contributed by atoms with E-state index >= 15 is 0 Å². The summed E-state index contributed by atoms with van der Waals surface area (Å²) in [6, 6.07) is 18.2. The van der Waals surface area contributed by atoms with Crippen molar-refractivity contribution in [2.45, 2.75) is 40.4 Å². The molecule has 1 saturated heterocycles. The van der Waals surface area contributed by atoms with Gasteiger partial charge in [0, 0.05) is 19.0 Å². The summed E-state index contributed by atoms with van der Waals surface area (Å²) in [6.45, 7) is 2.96. The zero-order valence-electron chi connectivity index (χ0n) is 20.4. The minimum atomic E-state index is -3.56. The van der Waals surface area contributed by atoms with Gasteiger partial charge in [-0.25, -0.2) is 21.1 Å². The first kappa shape index (κ1) is 25.6. The van der Waals surface area contributed by atoms with E-state index in [9.17, 15) is 16.8 Å². The Labute approximate surface area is 218 Å². The zero-order valence-corrected chi connectivity index (χ0v) is 22.9. The Hall–Kier alpha value is -2.04. The molecule has 192 valence electrons. The molecule has 0 saturated carbocycles. The Morgan fingerprint density at radius 2 is 1.72 bits per heavy atom. The highest BCUT2D eigenvalue weighted by Gasteiger charge is 2.48. The van der Waals surface area contributed by atoms with Gasteiger partial charge in [0.05, 0.1) is 15.5 Å². The molecule has 1 spiro atoms. The third kappa shape index (κ3) is 4.91. The molecule has 0 radical (unpaired) electrons. The maximum absolute atomic E-state index is 13.1. The third-order valence-electron chi connectivity index (χ3n) is 7.81. The molecule has 0 bridgehead atoms. The maximum Gasteiger partial charge on any atom is 0.242 e. The number of sulfone groups is 1. The van der Waals surface area contributed by atoms with Gasteiger partial charge in [0.25, 0.3) is 0 Å². The third-order valence-corrected chi connectivity index (χ3v) is 12.3. The highest BCUT2D eigenvalue weighted by atomic mass is 32.2. The van der Waals surface area contributed by atoms with Crippen LogP contribution in [0.1, 0.15) is 36.3 Å². The number of thiophene rings is 1. The Bertz CT molecular complexity index is 1400. The molecule has 1 aromatic heterocycles. The van der Waals surface area contributed by atoms with E-state index in [-0.39, 0.29) is 17.1 Å². The first-order chi connectivity index (χ1) is 17.2. The van der Waals surface area contributed by atoms with Crippen molar-refractivity contribution in [1.82, 2.24) is 9.21 Å². The second-order valence-corrected chi connectivity index (χ2v) is 14.8. The summed E-state index contributed by atoms with van der Waals surface area (Å²) < 4.78 is 53.2. The molecule has 0 unspecified atom stereocenters. The number of hydrogen-bond donors (Lipinski definition) is 0. The van der Waals surface area contributed by atoms with Gasteiger partial charge in [0.2, 0.25) is 10.0 Å². The van der Waals surface area contributed by atoms with Gasteiger partial charge in [-0.2, -0.15) is 11.3 Å². The molecule has 2 aliphatic rings. The summed E-state index contributed by atoms with van der Waals surface area (Å²) in [5.41, 5.74) is 1.89. The smallest absolute Gasteiger partial charge is 0.242 e. The van der Waals surface area contributed by atoms with Crippen LogP contribution in [-0.4, -0.2) is 65.0 Å². The van der Waals surface area contributed by atoms with Crippen LogP contribution in [0.15, 0.2) is 81.2 Å². The van der Waals surface area contributed by atoms with E-state index in [0.29, 0.717) is 16.3 Å². The quantitative estimate of drug-likeness (QED) is 0.421. The van der Waals surface area contributed by atoms with Gasteiger partial charge in [-0.3, -0.25) is 0 Å². The van der Waals surface area contributed by atoms with Crippen LogP contribution in [0.25, 0.3) is 0 Å². The minimum absolute atomic E-state index is 0.0863. The average molecular weight is 545 g/mol. The molecule has 0 N–H and O–H groups in total. The van der Waals surface area contributed by atoms with Crippen LogP contribution in [0.4, 0.5) is 0 Å². The normalized spacial score (nSPS) is 19.9. The molecule has 0 amide bonds. The first-order valence-corrected chi connectivity index (χ1v) is 16.3. The molecule has 2 aliphatic heterocycles. The predicted octanol–water partition coefficient (Wildman–Crippen LogP) is 4.36. The number of likely N-dealkylation sites (tertiary alicyclic amines) is 1. The van der Waals surface area contributed by atoms with E-state index in [1.807, 2.05) is 29.6 Å². The van der Waals surface area contributed by atoms with Crippen LogP contribution < -0.4 is 0 Å². The lowest BCUT2D eigenvalue weighted by Crippen LogP contribution is -2.44. The van der Waals surface area contributed by atoms with Crippen molar-refractivity contribution in [1.29, 1.82) is 0 Å². The van der Waals surface area contributed by atoms with E-state index in [1.54, 1.807) is 48.7 Å². The van der Waals surface area contributed by atoms with Crippen molar-refractivity contribution in [2.24, 2.45) is 0 Å². The number of rotatable bonds is 8. The highest BCUT2D eigenvalue weighted by Crippen LogP contribution is 2.46. The molecule has 9 heteroatoms. The maximum atomic E-state index is 13.1. The second-order valence-electron chi connectivity index (χ2n) is 10.0. The van der Waals surface area contributed by atoms with Crippen molar-refractivity contribution in [3.05, 3.63) is 82.6 Å². The molecule has 36 heavy (non-hydrogen) atoms. The Kier molecular flexibility index (Phi) is 7.13. The van der Waals surface area contributed by atoms with Crippen LogP contribution >= 0.6 is 11.3 Å². The summed E-state index contributed by atoms with van der Waals surface area (Å²) in [5.74, 6) is 0.301. The molecule has 6 nitrogen and oxygen atoms in total. The predicted molar refractivity (Wildman–Crippen MR) is 144 cm³/mol. The van der Waals surface area contributed by atoms with E-state index in [0.717, 1.165) is 44.5 Å². The fourth-order valence-corrected chi connectivity index (χ4v) is 9.92. The number of sulfonamides is 1. The Morgan fingerprint density at radius 3 is 2.42 bits per heavy atom. The number of benzene rings is 2. The molecule has 1 fully saturated rings. The Morgan fingerprint density at radius 1 is 1.03 bits per heavy atom. The molecule has 1 atom stereocenters. The number of nitrogens with zero attached hydrogens (tertiary/aromatic N) is 2. The lowest BCUT2D eigenvalue weighted by atomic mass is 9.74. The lowest BCUT2D eigenvalue weighted by molar-refractivity contribution is 0.165. The fraction of sp³-hybridized carbons (Fsp3) is 0.407. The van der Waals surface area contributed by atoms with Crippen molar-refractivity contribution in [3.63, 3.8) is 0 Å². The number of piperidine rings is 1. The fourth-order valence-electron chi connectivity index (χ4n) is 5.70.